The molecule has 4 heterocycles. The van der Waals surface area contributed by atoms with E-state index in [2.05, 4.69) is 49.5 Å². The molecule has 1 N–H and O–H groups in total. The number of carbonyl (C=O) groups is 3. The molecule has 3 saturated heterocycles. The number of aromatic hydroxyl groups is 1. The quantitative estimate of drug-likeness (QED) is 0.232. The van der Waals surface area contributed by atoms with Gasteiger partial charge in [0.2, 0.25) is 11.8 Å². The number of carbonyl (C=O) groups excluding carboxylic acids is 3. The number of amides is 3. The van der Waals surface area contributed by atoms with Crippen LogP contribution in [0.1, 0.15) is 88.1 Å². The molecular formula is C46H61ClN6O4. The maximum Gasteiger partial charge on any atom is 0.257 e. The number of para-hydroxylation sites is 1. The number of nitrogens with zero attached hydrogens (tertiary/aromatic N) is 6. The Morgan fingerprint density at radius 2 is 1.58 bits per heavy atom. The van der Waals surface area contributed by atoms with Gasteiger partial charge in [-0.2, -0.15) is 0 Å². The normalized spacial score (nSPS) is 24.5. The van der Waals surface area contributed by atoms with Gasteiger partial charge < -0.3 is 29.6 Å². The highest BCUT2D eigenvalue weighted by Crippen LogP contribution is 2.44. The number of likely N-dealkylation sites (N-methyl/N-ethyl adjacent to an activating group) is 1. The fourth-order valence-electron chi connectivity index (χ4n) is 9.94. The Morgan fingerprint density at radius 3 is 2.25 bits per heavy atom. The lowest BCUT2D eigenvalue weighted by Crippen LogP contribution is -2.54. The van der Waals surface area contributed by atoms with E-state index in [9.17, 15) is 14.7 Å². The molecule has 11 heteroatoms. The maximum atomic E-state index is 15.3. The number of halogens is 1. The number of aromatic nitrogens is 1. The minimum Gasteiger partial charge on any atom is -0.507 e. The molecule has 3 aliphatic heterocycles. The summed E-state index contributed by atoms with van der Waals surface area (Å²) in [6.07, 6.45) is 7.81. The predicted octanol–water partition coefficient (Wildman–Crippen LogP) is 7.18. The van der Waals surface area contributed by atoms with E-state index < -0.39 is 18.0 Å². The molecule has 57 heavy (non-hydrogen) atoms. The van der Waals surface area contributed by atoms with Crippen molar-refractivity contribution < 1.29 is 19.5 Å². The van der Waals surface area contributed by atoms with Gasteiger partial charge in [0.1, 0.15) is 17.6 Å². The third-order valence-electron chi connectivity index (χ3n) is 13.3. The van der Waals surface area contributed by atoms with Crippen molar-refractivity contribution in [2.45, 2.75) is 84.2 Å². The van der Waals surface area contributed by atoms with E-state index in [0.717, 1.165) is 30.9 Å². The van der Waals surface area contributed by atoms with Crippen LogP contribution in [0, 0.1) is 22.7 Å². The molecule has 3 amide bonds. The van der Waals surface area contributed by atoms with Gasteiger partial charge in [-0.25, -0.2) is 4.98 Å². The van der Waals surface area contributed by atoms with Gasteiger partial charge in [0.05, 0.1) is 17.5 Å². The second-order valence-corrected chi connectivity index (χ2v) is 19.2. The highest BCUT2D eigenvalue weighted by molar-refractivity contribution is 6.30. The lowest BCUT2D eigenvalue weighted by atomic mass is 9.69. The van der Waals surface area contributed by atoms with Crippen LogP contribution in [-0.2, 0) is 9.59 Å². The smallest absolute Gasteiger partial charge is 0.257 e. The summed E-state index contributed by atoms with van der Waals surface area (Å²) in [4.78, 5) is 59.4. The zero-order chi connectivity index (χ0) is 40.5. The number of phenolic OH excluding ortho intramolecular Hbond substituents is 1. The van der Waals surface area contributed by atoms with Gasteiger partial charge in [-0.15, -0.1) is 0 Å². The van der Waals surface area contributed by atoms with Gasteiger partial charge in [-0.05, 0) is 104 Å². The van der Waals surface area contributed by atoms with Crippen LogP contribution in [0.2, 0.25) is 5.02 Å². The summed E-state index contributed by atoms with van der Waals surface area (Å²) < 4.78 is 0. The molecule has 3 aromatic rings. The zero-order valence-corrected chi connectivity index (χ0v) is 35.2. The van der Waals surface area contributed by atoms with Gasteiger partial charge in [0.25, 0.3) is 5.91 Å². The number of anilines is 1. The molecule has 0 unspecified atom stereocenters. The monoisotopic (exact) mass is 796 g/mol. The van der Waals surface area contributed by atoms with Crippen molar-refractivity contribution in [3.05, 3.63) is 89.1 Å². The third kappa shape index (κ3) is 9.44. The third-order valence-corrected chi connectivity index (χ3v) is 13.6. The Morgan fingerprint density at radius 1 is 0.895 bits per heavy atom. The standard InChI is InChI=1S/C46H61ClN6O4/c1-45(2)19-17-32(18-20-45)27-46(3,4)31-53(42(55)36-10-6-7-11-40(36)54)35-26-39(44(57)50-24-22-49(5)23-25-50)52(28-35)43(56)38-30-51(41-12-8-9-21-48-41)29-37(38)33-13-15-34(47)16-14-33/h6-16,21,32,35,37-39,54H,17-20,22-31H2,1-5H3/t35-,37-,38+,39-/m0/s1. The maximum absolute atomic E-state index is 15.3. The van der Waals surface area contributed by atoms with Crippen molar-refractivity contribution in [1.82, 2.24) is 24.6 Å². The number of hydrogen-bond donors (Lipinski definition) is 1. The first-order valence-electron chi connectivity index (χ1n) is 21.0. The average molecular weight is 797 g/mol. The van der Waals surface area contributed by atoms with E-state index in [4.69, 9.17) is 11.6 Å². The van der Waals surface area contributed by atoms with Crippen molar-refractivity contribution >= 4 is 35.1 Å². The number of likely N-dealkylation sites (tertiary alicyclic amines) is 1. The van der Waals surface area contributed by atoms with Crippen molar-refractivity contribution in [1.29, 1.82) is 0 Å². The van der Waals surface area contributed by atoms with Crippen LogP contribution in [0.5, 0.6) is 5.75 Å². The van der Waals surface area contributed by atoms with E-state index in [1.165, 1.54) is 25.7 Å². The van der Waals surface area contributed by atoms with Gasteiger partial charge >= 0.3 is 0 Å². The molecule has 4 fully saturated rings. The van der Waals surface area contributed by atoms with Crippen LogP contribution in [0.15, 0.2) is 72.9 Å². The number of piperazine rings is 1. The number of rotatable bonds is 10. The molecule has 306 valence electrons. The Hall–Kier alpha value is -4.15. The predicted molar refractivity (Wildman–Crippen MR) is 225 cm³/mol. The number of hydrogen-bond acceptors (Lipinski definition) is 7. The fraction of sp³-hybridized carbons (Fsp3) is 0.565. The van der Waals surface area contributed by atoms with Crippen LogP contribution < -0.4 is 4.90 Å². The van der Waals surface area contributed by atoms with E-state index in [-0.39, 0.29) is 46.9 Å². The number of pyridine rings is 1. The van der Waals surface area contributed by atoms with Crippen molar-refractivity contribution in [3.8, 4) is 5.75 Å². The van der Waals surface area contributed by atoms with E-state index in [1.807, 2.05) is 57.2 Å². The molecule has 10 nitrogen and oxygen atoms in total. The van der Waals surface area contributed by atoms with Crippen LogP contribution in [-0.4, -0.2) is 119 Å². The first kappa shape index (κ1) is 41.0. The van der Waals surface area contributed by atoms with Gasteiger partial charge in [0.15, 0.2) is 0 Å². The number of benzene rings is 2. The Balaban J connectivity index is 1.22. The second-order valence-electron chi connectivity index (χ2n) is 18.8. The van der Waals surface area contributed by atoms with Gasteiger partial charge in [-0.3, -0.25) is 14.4 Å². The topological polar surface area (TPSA) is 101 Å². The molecule has 2 aromatic carbocycles. The molecule has 0 bridgehead atoms. The van der Waals surface area contributed by atoms with Crippen molar-refractivity contribution in [3.63, 3.8) is 0 Å². The first-order valence-corrected chi connectivity index (χ1v) is 21.3. The zero-order valence-electron chi connectivity index (χ0n) is 34.4. The molecule has 4 aliphatic rings. The fourth-order valence-corrected chi connectivity index (χ4v) is 10.1. The molecule has 7 rings (SSSR count). The summed E-state index contributed by atoms with van der Waals surface area (Å²) in [5.74, 6) is 0.289. The Bertz CT molecular complexity index is 1870. The molecule has 4 atom stereocenters. The average Bonchev–Trinajstić information content (AvgIpc) is 3.85. The summed E-state index contributed by atoms with van der Waals surface area (Å²) in [5, 5.41) is 11.6. The van der Waals surface area contributed by atoms with Gasteiger partial charge in [0, 0.05) is 69.5 Å². The van der Waals surface area contributed by atoms with E-state index in [1.54, 1.807) is 30.5 Å². The highest BCUT2D eigenvalue weighted by Gasteiger charge is 2.50. The lowest BCUT2D eigenvalue weighted by molar-refractivity contribution is -0.146. The minimum atomic E-state index is -0.718. The first-order chi connectivity index (χ1) is 27.2. The van der Waals surface area contributed by atoms with Crippen molar-refractivity contribution in [2.75, 3.05) is 64.3 Å². The largest absolute Gasteiger partial charge is 0.507 e. The molecular weight excluding hydrogens is 736 g/mol. The number of phenols is 1. The lowest BCUT2D eigenvalue weighted by Gasteiger charge is -2.41. The summed E-state index contributed by atoms with van der Waals surface area (Å²) in [5.41, 5.74) is 1.37. The minimum absolute atomic E-state index is 0.0550. The molecule has 1 saturated carbocycles. The summed E-state index contributed by atoms with van der Waals surface area (Å²) >= 11 is 6.33. The second kappa shape index (κ2) is 17.0. The molecule has 1 aromatic heterocycles. The molecule has 0 radical (unpaired) electrons. The Kier molecular flexibility index (Phi) is 12.2. The van der Waals surface area contributed by atoms with Crippen LogP contribution in [0.3, 0.4) is 0 Å². The van der Waals surface area contributed by atoms with Crippen LogP contribution >= 0.6 is 11.6 Å². The van der Waals surface area contributed by atoms with Crippen LogP contribution in [0.25, 0.3) is 0 Å². The van der Waals surface area contributed by atoms with Crippen molar-refractivity contribution in [2.24, 2.45) is 22.7 Å². The SMILES string of the molecule is CN1CCN(C(=O)[C@@H]2C[C@H](N(CC(C)(C)CC3CCC(C)(C)CC3)C(=O)c3ccccc3O)CN2C(=O)[C@@H]2CN(c3ccccn3)C[C@H]2c2ccc(Cl)cc2)CC1. The molecule has 0 spiro atoms. The van der Waals surface area contributed by atoms with E-state index >= 15 is 4.79 Å². The summed E-state index contributed by atoms with van der Waals surface area (Å²) in [7, 11) is 2.06. The van der Waals surface area contributed by atoms with Crippen LogP contribution in [0.4, 0.5) is 5.82 Å². The highest BCUT2D eigenvalue weighted by atomic mass is 35.5. The van der Waals surface area contributed by atoms with E-state index in [0.29, 0.717) is 55.5 Å². The van der Waals surface area contributed by atoms with Gasteiger partial charge in [-0.1, -0.05) is 69.6 Å². The summed E-state index contributed by atoms with van der Waals surface area (Å²) in [6, 6.07) is 19.1. The summed E-state index contributed by atoms with van der Waals surface area (Å²) in [6.45, 7) is 13.6. The Labute approximate surface area is 344 Å². The molecule has 1 aliphatic carbocycles.